The van der Waals surface area contributed by atoms with Gasteiger partial charge in [0.1, 0.15) is 37.5 Å². The molecule has 0 bridgehead atoms. The van der Waals surface area contributed by atoms with Crippen LogP contribution in [0.25, 0.3) is 11.2 Å². The van der Waals surface area contributed by atoms with E-state index in [1.54, 1.807) is 35.2 Å². The topological polar surface area (TPSA) is 194 Å². The first-order valence-corrected chi connectivity index (χ1v) is 22.8. The van der Waals surface area contributed by atoms with Crippen molar-refractivity contribution in [2.45, 2.75) is 115 Å². The summed E-state index contributed by atoms with van der Waals surface area (Å²) in [6.07, 6.45) is -1.01. The molecule has 55 heavy (non-hydrogen) atoms. The molecule has 1 amide bonds. The molecule has 0 aliphatic carbocycles. The van der Waals surface area contributed by atoms with Gasteiger partial charge in [0.2, 0.25) is 11.8 Å². The minimum atomic E-state index is -3.09. The van der Waals surface area contributed by atoms with E-state index < -0.39 is 47.6 Å². The number of fused-ring (bicyclic) bond motifs is 2. The number of aromatic nitrogens is 4. The number of nitrogens with one attached hydrogen (secondary N) is 1. The molecule has 2 fully saturated rings. The van der Waals surface area contributed by atoms with Gasteiger partial charge in [0.15, 0.2) is 24.0 Å². The number of benzene rings is 1. The zero-order chi connectivity index (χ0) is 39.8. The average molecular weight is 796 g/mol. The molecule has 0 spiro atoms. The second-order valence-electron chi connectivity index (χ2n) is 14.8. The first-order chi connectivity index (χ1) is 26.4. The first kappa shape index (κ1) is 42.2. The number of rotatable bonds is 17. The molecule has 2 aromatic heterocycles. The maximum atomic E-state index is 13.0. The summed E-state index contributed by atoms with van der Waals surface area (Å²) in [7, 11) is -5.97. The number of ether oxygens (including phenoxy) is 5. The molecule has 4 atom stereocenters. The normalized spacial score (nSPS) is 21.9. The highest BCUT2D eigenvalue weighted by molar-refractivity contribution is 6.84. The molecule has 0 saturated carbocycles. The number of hydrogen-bond donors (Lipinski definition) is 1. The van der Waals surface area contributed by atoms with Gasteiger partial charge in [-0.05, 0) is 34.3 Å². The van der Waals surface area contributed by atoms with Crippen LogP contribution in [0, 0.1) is 22.7 Å². The summed E-state index contributed by atoms with van der Waals surface area (Å²) in [6, 6.07) is 13.1. The van der Waals surface area contributed by atoms with Crippen molar-refractivity contribution < 1.29 is 41.4 Å². The van der Waals surface area contributed by atoms with Gasteiger partial charge in [-0.2, -0.15) is 20.5 Å². The molecule has 2 aliphatic heterocycles. The Morgan fingerprint density at radius 3 is 2.27 bits per heavy atom. The Labute approximate surface area is 324 Å². The summed E-state index contributed by atoms with van der Waals surface area (Å²) >= 11 is 0. The van der Waals surface area contributed by atoms with Crippen LogP contribution >= 0.6 is 0 Å². The molecule has 3 aromatic rings. The summed E-state index contributed by atoms with van der Waals surface area (Å²) in [5.41, 5.74) is 0.940. The summed E-state index contributed by atoms with van der Waals surface area (Å²) in [4.78, 5) is 26.8. The minimum Gasteiger partial charge on any atom is -0.484 e. The minimum absolute atomic E-state index is 0.0372. The van der Waals surface area contributed by atoms with Crippen LogP contribution in [0.2, 0.25) is 22.2 Å². The summed E-state index contributed by atoms with van der Waals surface area (Å²) < 4.78 is 54.0. The van der Waals surface area contributed by atoms with Crippen LogP contribution in [0.5, 0.6) is 11.6 Å². The molecule has 0 radical (unpaired) electrons. The van der Waals surface area contributed by atoms with Gasteiger partial charge >= 0.3 is 17.1 Å². The molecule has 4 heterocycles. The lowest BCUT2D eigenvalue weighted by atomic mass is 10.1. The van der Waals surface area contributed by atoms with Crippen LogP contribution in [0.1, 0.15) is 74.5 Å². The Balaban J connectivity index is 1.56. The van der Waals surface area contributed by atoms with Crippen LogP contribution in [0.4, 0.5) is 5.95 Å². The van der Waals surface area contributed by atoms with Gasteiger partial charge in [0, 0.05) is 0 Å². The van der Waals surface area contributed by atoms with E-state index in [1.165, 1.54) is 0 Å². The number of nitrogens with zero attached hydrogens (tertiary/aromatic N) is 6. The van der Waals surface area contributed by atoms with Crippen molar-refractivity contribution in [1.82, 2.24) is 19.5 Å². The maximum absolute atomic E-state index is 13.0. The monoisotopic (exact) mass is 795 g/mol. The lowest BCUT2D eigenvalue weighted by Gasteiger charge is -2.51. The van der Waals surface area contributed by atoms with Crippen molar-refractivity contribution in [3.8, 4) is 23.8 Å². The second kappa shape index (κ2) is 18.8. The zero-order valence-electron chi connectivity index (χ0n) is 32.9. The predicted octanol–water partition coefficient (Wildman–Crippen LogP) is 6.26. The number of nitriles is 2. The third-order valence-electron chi connectivity index (χ3n) is 9.80. The molecule has 1 N–H and O–H groups in total. The van der Waals surface area contributed by atoms with E-state index in [9.17, 15) is 10.1 Å². The number of amides is 1. The summed E-state index contributed by atoms with van der Waals surface area (Å²) in [5.74, 6) is 0.0407. The van der Waals surface area contributed by atoms with Crippen molar-refractivity contribution in [3.05, 3.63) is 36.7 Å². The van der Waals surface area contributed by atoms with E-state index >= 15 is 0 Å². The maximum Gasteiger partial charge on any atom is 0.335 e. The van der Waals surface area contributed by atoms with Crippen LogP contribution in [0.15, 0.2) is 36.7 Å². The van der Waals surface area contributed by atoms with Crippen LogP contribution in [0.3, 0.4) is 0 Å². The van der Waals surface area contributed by atoms with Gasteiger partial charge < -0.3 is 36.7 Å². The number of carbonyl (C=O) groups is 1. The molecule has 18 heteroatoms. The highest BCUT2D eigenvalue weighted by Gasteiger charge is 2.62. The average Bonchev–Trinajstić information content (AvgIpc) is 3.71. The fourth-order valence-electron chi connectivity index (χ4n) is 7.08. The molecule has 5 rings (SSSR count). The van der Waals surface area contributed by atoms with Crippen molar-refractivity contribution >= 4 is 40.1 Å². The number of anilines is 1. The van der Waals surface area contributed by atoms with E-state index in [2.05, 4.69) is 82.8 Å². The Morgan fingerprint density at radius 1 is 0.945 bits per heavy atom. The van der Waals surface area contributed by atoms with E-state index in [-0.39, 0.29) is 91.2 Å². The molecular weight excluding hydrogens is 743 g/mol. The molecule has 298 valence electrons. The lowest BCUT2D eigenvalue weighted by Crippen LogP contribution is -2.66. The third-order valence-corrected chi connectivity index (χ3v) is 20.0. The molecule has 16 nitrogen and oxygen atoms in total. The number of imidazole rings is 1. The Hall–Kier alpha value is -3.99. The molecule has 1 aromatic carbocycles. The number of para-hydroxylation sites is 1. The Morgan fingerprint density at radius 2 is 1.62 bits per heavy atom. The first-order valence-electron chi connectivity index (χ1n) is 18.8. The van der Waals surface area contributed by atoms with Gasteiger partial charge in [0.25, 0.3) is 5.91 Å². The highest BCUT2D eigenvalue weighted by atomic mass is 28.5. The van der Waals surface area contributed by atoms with E-state index in [1.807, 2.05) is 6.07 Å². The lowest BCUT2D eigenvalue weighted by molar-refractivity contribution is -0.137. The largest absolute Gasteiger partial charge is 0.484 e. The van der Waals surface area contributed by atoms with Gasteiger partial charge in [-0.3, -0.25) is 14.7 Å². The molecular formula is C37H53N7O9Si2. The van der Waals surface area contributed by atoms with Crippen molar-refractivity contribution in [2.75, 3.05) is 38.5 Å². The highest BCUT2D eigenvalue weighted by Crippen LogP contribution is 2.49. The van der Waals surface area contributed by atoms with Crippen LogP contribution < -0.4 is 14.8 Å². The molecule has 2 saturated heterocycles. The smallest absolute Gasteiger partial charge is 0.335 e. The van der Waals surface area contributed by atoms with Crippen molar-refractivity contribution in [2.24, 2.45) is 0 Å². The zero-order valence-corrected chi connectivity index (χ0v) is 34.9. The third kappa shape index (κ3) is 9.36. The fourth-order valence-corrected chi connectivity index (χ4v) is 18.3. The standard InChI is InChI=1S/C37H53N7O9Si2/c1-24(2)54(25(3)4)50-20-29-32(52-55(53-54,26(5)6)27(7)8)33(49-23-46-18-12-16-38)36(51-29)44-22-40-31-34(44)42-37(43-35(31)47-19-13-17-39)41-30(45)21-48-28-14-10-9-11-15-28/h9-11,14-15,22,24-27,29,32-33,36H,12-13,18-21,23H2,1-8H3,(H,41,42,43,45)/t29-,32-,33-,36-/m1/s1. The van der Waals surface area contributed by atoms with Gasteiger partial charge in [-0.15, -0.1) is 0 Å². The van der Waals surface area contributed by atoms with Gasteiger partial charge in [-0.25, -0.2) is 4.98 Å². The van der Waals surface area contributed by atoms with Crippen LogP contribution in [-0.4, -0.2) is 94.1 Å². The van der Waals surface area contributed by atoms with Crippen molar-refractivity contribution in [3.63, 3.8) is 0 Å². The summed E-state index contributed by atoms with van der Waals surface area (Å²) in [5, 5.41) is 21.0. The summed E-state index contributed by atoms with van der Waals surface area (Å²) in [6.45, 7) is 17.2. The predicted molar refractivity (Wildman–Crippen MR) is 205 cm³/mol. The van der Waals surface area contributed by atoms with E-state index in [0.29, 0.717) is 5.75 Å². The van der Waals surface area contributed by atoms with Gasteiger partial charge in [-0.1, -0.05) is 73.6 Å². The fraction of sp³-hybridized carbons (Fsp3) is 0.622. The Bertz CT molecular complexity index is 1800. The second-order valence-corrected chi connectivity index (χ2v) is 23.6. The SMILES string of the molecule is CC(C)[Si]1(C(C)C)OC[C@H]2O[C@@H](n3cnc4c(OCCC#N)nc(NC(=O)COc5ccccc5)nc43)[C@H](OCOCCC#N)[C@@H]2O[Si](C(C)C)(C(C)C)O1. The number of carbonyl (C=O) groups excluding carboxylic acids is 1. The van der Waals surface area contributed by atoms with Crippen LogP contribution in [-0.2, 0) is 32.0 Å². The van der Waals surface area contributed by atoms with Crippen molar-refractivity contribution in [1.29, 1.82) is 10.5 Å². The molecule has 2 aliphatic rings. The Kier molecular flexibility index (Phi) is 14.4. The van der Waals surface area contributed by atoms with E-state index in [4.69, 9.17) is 46.9 Å². The quantitative estimate of drug-likeness (QED) is 0.0913. The van der Waals surface area contributed by atoms with Gasteiger partial charge in [0.05, 0.1) is 44.5 Å². The molecule has 0 unspecified atom stereocenters. The van der Waals surface area contributed by atoms with E-state index in [0.717, 1.165) is 0 Å². The number of hydrogen-bond acceptors (Lipinski definition) is 14.